The lowest BCUT2D eigenvalue weighted by atomic mass is 10.3. The van der Waals surface area contributed by atoms with Gasteiger partial charge in [0.15, 0.2) is 0 Å². The Morgan fingerprint density at radius 2 is 1.73 bits per heavy atom. The van der Waals surface area contributed by atoms with E-state index in [-0.39, 0.29) is 10.7 Å². The van der Waals surface area contributed by atoms with Gasteiger partial charge in [-0.1, -0.05) is 12.1 Å². The van der Waals surface area contributed by atoms with Gasteiger partial charge in [-0.15, -0.1) is 0 Å². The second kappa shape index (κ2) is 2.85. The van der Waals surface area contributed by atoms with E-state index in [9.17, 15) is 8.42 Å². The lowest BCUT2D eigenvalue weighted by Gasteiger charge is -2.08. The molecule has 6 nitrogen and oxygen atoms in total. The zero-order chi connectivity index (χ0) is 11.1. The van der Waals surface area contributed by atoms with Crippen LogP contribution in [0, 0.1) is 11.3 Å². The fourth-order valence-electron chi connectivity index (χ4n) is 1.23. The van der Waals surface area contributed by atoms with Crippen molar-refractivity contribution in [2.24, 2.45) is 9.98 Å². The molecule has 0 saturated heterocycles. The number of benzene rings is 1. The van der Waals surface area contributed by atoms with E-state index >= 15 is 0 Å². The van der Waals surface area contributed by atoms with Crippen LogP contribution in [0.2, 0.25) is 0 Å². The van der Waals surface area contributed by atoms with Crippen LogP contribution in [0.1, 0.15) is 0 Å². The first-order chi connectivity index (χ1) is 6.98. The SMILES string of the molecule is N#CC1(S(=O)(=O)O)N=c2ccccc2=N1. The molecule has 7 heteroatoms. The maximum absolute atomic E-state index is 11.0. The molecule has 0 unspecified atom stereocenters. The molecule has 0 atom stereocenters. The highest BCUT2D eigenvalue weighted by Gasteiger charge is 2.45. The molecular weight excluding hydrogens is 218 g/mol. The summed E-state index contributed by atoms with van der Waals surface area (Å²) in [4.78, 5) is 4.78. The van der Waals surface area contributed by atoms with Crippen molar-refractivity contribution < 1.29 is 13.0 Å². The Hall–Kier alpha value is -1.78. The topological polar surface area (TPSA) is 103 Å². The summed E-state index contributed by atoms with van der Waals surface area (Å²) in [5.41, 5.74) is 0. The summed E-state index contributed by atoms with van der Waals surface area (Å²) < 4.78 is 30.9. The van der Waals surface area contributed by atoms with Crippen LogP contribution in [0.25, 0.3) is 0 Å². The van der Waals surface area contributed by atoms with Crippen molar-refractivity contribution in [1.29, 1.82) is 5.26 Å². The van der Waals surface area contributed by atoms with Gasteiger partial charge in [-0.2, -0.15) is 13.7 Å². The number of rotatable bonds is 1. The Morgan fingerprint density at radius 3 is 2.07 bits per heavy atom. The summed E-state index contributed by atoms with van der Waals surface area (Å²) in [5.74, 6) is 0. The molecule has 1 aliphatic rings. The first-order valence-corrected chi connectivity index (χ1v) is 5.36. The molecule has 1 aromatic rings. The molecule has 1 N–H and O–H groups in total. The molecule has 15 heavy (non-hydrogen) atoms. The predicted molar refractivity (Wildman–Crippen MR) is 48.6 cm³/mol. The molecule has 0 aliphatic carbocycles. The number of fused-ring (bicyclic) bond motifs is 1. The molecule has 0 bridgehead atoms. The third-order valence-corrected chi connectivity index (χ3v) is 2.92. The minimum absolute atomic E-state index is 0.275. The van der Waals surface area contributed by atoms with E-state index < -0.39 is 15.1 Å². The average Bonchev–Trinajstić information content (AvgIpc) is 2.56. The lowest BCUT2D eigenvalue weighted by Crippen LogP contribution is -2.31. The standard InChI is InChI=1S/C8H5N3O3S/c9-5-8(15(12,13)14)10-6-3-1-2-4-7(6)11-8/h1-4H,(H,12,13,14). The molecule has 0 amide bonds. The van der Waals surface area contributed by atoms with E-state index in [0.29, 0.717) is 0 Å². The number of hydrogen-bond acceptors (Lipinski definition) is 5. The number of para-hydroxylation sites is 2. The summed E-state index contributed by atoms with van der Waals surface area (Å²) in [6, 6.07) is 7.70. The van der Waals surface area contributed by atoms with Crippen molar-refractivity contribution in [1.82, 2.24) is 0 Å². The van der Waals surface area contributed by atoms with Gasteiger partial charge < -0.3 is 0 Å². The fraction of sp³-hybridized carbons (Fsp3) is 0.125. The number of hydrogen-bond donors (Lipinski definition) is 1. The fourth-order valence-corrected chi connectivity index (χ4v) is 1.77. The largest absolute Gasteiger partial charge is 0.367 e. The zero-order valence-electron chi connectivity index (χ0n) is 7.32. The molecule has 0 fully saturated rings. The summed E-state index contributed by atoms with van der Waals surface area (Å²) >= 11 is 0. The van der Waals surface area contributed by atoms with Crippen LogP contribution in [0.15, 0.2) is 34.3 Å². The molecule has 1 aliphatic heterocycles. The van der Waals surface area contributed by atoms with E-state index in [4.69, 9.17) is 9.81 Å². The Morgan fingerprint density at radius 1 is 1.27 bits per heavy atom. The van der Waals surface area contributed by atoms with Gasteiger partial charge in [-0.05, 0) is 12.1 Å². The van der Waals surface area contributed by atoms with Crippen molar-refractivity contribution >= 4 is 10.1 Å². The smallest absolute Gasteiger partial charge is 0.281 e. The van der Waals surface area contributed by atoms with Crippen LogP contribution in [0.5, 0.6) is 0 Å². The van der Waals surface area contributed by atoms with Crippen LogP contribution in [-0.2, 0) is 10.1 Å². The van der Waals surface area contributed by atoms with E-state index in [1.54, 1.807) is 12.1 Å². The molecular formula is C8H5N3O3S. The normalized spacial score (nSPS) is 17.1. The Kier molecular flexibility index (Phi) is 1.86. The quantitative estimate of drug-likeness (QED) is 0.617. The van der Waals surface area contributed by atoms with Crippen LogP contribution in [0.4, 0.5) is 0 Å². The molecule has 0 saturated carbocycles. The van der Waals surface area contributed by atoms with Gasteiger partial charge in [0.25, 0.3) is 0 Å². The predicted octanol–water partition coefficient (Wildman–Crippen LogP) is -0.995. The maximum Gasteiger partial charge on any atom is 0.367 e. The third-order valence-electron chi connectivity index (χ3n) is 1.93. The molecule has 1 aromatic carbocycles. The maximum atomic E-state index is 11.0. The summed E-state index contributed by atoms with van der Waals surface area (Å²) in [6.45, 7) is 0. The monoisotopic (exact) mass is 223 g/mol. The van der Waals surface area contributed by atoms with Gasteiger partial charge in [0.2, 0.25) is 0 Å². The lowest BCUT2D eigenvalue weighted by molar-refractivity contribution is 0.454. The molecule has 0 spiro atoms. The first-order valence-electron chi connectivity index (χ1n) is 3.92. The van der Waals surface area contributed by atoms with E-state index in [0.717, 1.165) is 0 Å². The molecule has 76 valence electrons. The summed E-state index contributed by atoms with van der Waals surface area (Å²) in [6.07, 6.45) is 0. The second-order valence-corrected chi connectivity index (χ2v) is 4.43. The van der Waals surface area contributed by atoms with Gasteiger partial charge in [0, 0.05) is 0 Å². The van der Waals surface area contributed by atoms with Crippen LogP contribution >= 0.6 is 0 Å². The highest BCUT2D eigenvalue weighted by atomic mass is 32.2. The minimum Gasteiger partial charge on any atom is -0.281 e. The molecule has 0 radical (unpaired) electrons. The third kappa shape index (κ3) is 1.31. The average molecular weight is 223 g/mol. The van der Waals surface area contributed by atoms with E-state index in [2.05, 4.69) is 9.98 Å². The first kappa shape index (κ1) is 9.76. The molecule has 2 rings (SSSR count). The van der Waals surface area contributed by atoms with Crippen molar-refractivity contribution in [3.63, 3.8) is 0 Å². The Balaban J connectivity index is 2.85. The number of nitriles is 1. The summed E-state index contributed by atoms with van der Waals surface area (Å²) in [5, 5.41) is 9.30. The van der Waals surface area contributed by atoms with Gasteiger partial charge in [0.1, 0.15) is 6.07 Å². The Bertz CT molecular complexity index is 637. The minimum atomic E-state index is -4.68. The van der Waals surface area contributed by atoms with E-state index in [1.807, 2.05) is 0 Å². The summed E-state index contributed by atoms with van der Waals surface area (Å²) in [7, 11) is -4.68. The van der Waals surface area contributed by atoms with Gasteiger partial charge in [0.05, 0.1) is 10.7 Å². The zero-order valence-corrected chi connectivity index (χ0v) is 8.14. The van der Waals surface area contributed by atoms with Crippen LogP contribution < -0.4 is 10.7 Å². The van der Waals surface area contributed by atoms with Crippen LogP contribution in [-0.4, -0.2) is 18.0 Å². The van der Waals surface area contributed by atoms with Crippen molar-refractivity contribution in [2.75, 3.05) is 0 Å². The van der Waals surface area contributed by atoms with Gasteiger partial charge >= 0.3 is 15.1 Å². The van der Waals surface area contributed by atoms with Gasteiger partial charge in [-0.25, -0.2) is 9.98 Å². The second-order valence-electron chi connectivity index (χ2n) is 2.91. The van der Waals surface area contributed by atoms with Crippen molar-refractivity contribution in [3.8, 4) is 6.07 Å². The van der Waals surface area contributed by atoms with Crippen LogP contribution in [0.3, 0.4) is 0 Å². The van der Waals surface area contributed by atoms with Gasteiger partial charge in [-0.3, -0.25) is 4.55 Å². The highest BCUT2D eigenvalue weighted by molar-refractivity contribution is 7.87. The highest BCUT2D eigenvalue weighted by Crippen LogP contribution is 2.19. The molecule has 0 aromatic heterocycles. The molecule has 1 heterocycles. The van der Waals surface area contributed by atoms with Crippen molar-refractivity contribution in [3.05, 3.63) is 35.0 Å². The number of nitrogens with zero attached hydrogens (tertiary/aromatic N) is 3. The van der Waals surface area contributed by atoms with Crippen molar-refractivity contribution in [2.45, 2.75) is 4.99 Å². The van der Waals surface area contributed by atoms with E-state index in [1.165, 1.54) is 18.2 Å². The Labute approximate surface area is 85.0 Å².